The summed E-state index contributed by atoms with van der Waals surface area (Å²) in [5, 5.41) is 3.20. The third-order valence-electron chi connectivity index (χ3n) is 9.04. The molecule has 1 saturated carbocycles. The molecule has 0 aliphatic heterocycles. The number of benzene rings is 2. The lowest BCUT2D eigenvalue weighted by molar-refractivity contribution is 0.0950. The van der Waals surface area contributed by atoms with Crippen LogP contribution in [0.2, 0.25) is 5.15 Å². The first-order valence-corrected chi connectivity index (χ1v) is 16.5. The number of hydrogen-bond donors (Lipinski definition) is 2. The van der Waals surface area contributed by atoms with Crippen LogP contribution in [0.15, 0.2) is 47.3 Å². The number of carbonyl (C=O) groups excluding carboxylic acids is 1. The third kappa shape index (κ3) is 8.91. The number of amides is 1. The molecule has 1 fully saturated rings. The molecule has 9 nitrogen and oxygen atoms in total. The lowest BCUT2D eigenvalue weighted by Crippen LogP contribution is -2.44. The molecular formula is C36H49ClN4O5. The Kier molecular flexibility index (Phi) is 13.1. The summed E-state index contributed by atoms with van der Waals surface area (Å²) in [6.07, 6.45) is 4.38. The Hall–Kier alpha value is -3.37. The zero-order valence-electron chi connectivity index (χ0n) is 28.1. The summed E-state index contributed by atoms with van der Waals surface area (Å²) in [5.74, 6) is 0.504. The third-order valence-corrected chi connectivity index (χ3v) is 9.36. The lowest BCUT2D eigenvalue weighted by atomic mass is 9.88. The van der Waals surface area contributed by atoms with E-state index >= 15 is 0 Å². The van der Waals surface area contributed by atoms with Gasteiger partial charge < -0.3 is 34.3 Å². The van der Waals surface area contributed by atoms with Gasteiger partial charge in [-0.25, -0.2) is 0 Å². The van der Waals surface area contributed by atoms with E-state index in [-0.39, 0.29) is 23.0 Å². The molecule has 10 heteroatoms. The highest BCUT2D eigenvalue weighted by atomic mass is 35.5. The molecule has 2 N–H and O–H groups in total. The smallest absolute Gasteiger partial charge is 0.251 e. The molecule has 0 radical (unpaired) electrons. The van der Waals surface area contributed by atoms with Crippen molar-refractivity contribution in [2.45, 2.75) is 65.1 Å². The van der Waals surface area contributed by atoms with Gasteiger partial charge in [0.1, 0.15) is 17.5 Å². The van der Waals surface area contributed by atoms with E-state index in [9.17, 15) is 9.59 Å². The summed E-state index contributed by atoms with van der Waals surface area (Å²) in [7, 11) is 5.58. The van der Waals surface area contributed by atoms with Crippen molar-refractivity contribution in [3.05, 3.63) is 80.2 Å². The number of anilines is 1. The molecule has 1 heterocycles. The molecule has 250 valence electrons. The SMILES string of the molecule is CCN(c1cc(-c2ccc(OCCOC)cc2)cc(C(=O)NCc2c(Cl)[nH]c(C)cc2=O)c1C)[C@H]1CC[C@H](N(C)CCOC)CC1. The Labute approximate surface area is 278 Å². The number of halogens is 1. The number of aromatic nitrogens is 1. The average molecular weight is 653 g/mol. The van der Waals surface area contributed by atoms with Crippen LogP contribution in [0.25, 0.3) is 11.1 Å². The summed E-state index contributed by atoms with van der Waals surface area (Å²) in [6, 6.07) is 14.4. The minimum atomic E-state index is -0.254. The molecule has 0 unspecified atom stereocenters. The van der Waals surface area contributed by atoms with Crippen LogP contribution in [0.1, 0.15) is 59.8 Å². The maximum absolute atomic E-state index is 13.8. The fourth-order valence-corrected chi connectivity index (χ4v) is 6.65. The van der Waals surface area contributed by atoms with Crippen molar-refractivity contribution >= 4 is 23.2 Å². The number of methoxy groups -OCH3 is 2. The molecular weight excluding hydrogens is 604 g/mol. The number of hydrogen-bond acceptors (Lipinski definition) is 7. The van der Waals surface area contributed by atoms with Crippen molar-refractivity contribution in [3.63, 3.8) is 0 Å². The topological polar surface area (TPSA) is 96.1 Å². The first-order chi connectivity index (χ1) is 22.2. The molecule has 1 aliphatic carbocycles. The molecule has 4 rings (SSSR count). The fraction of sp³-hybridized carbons (Fsp3) is 0.500. The summed E-state index contributed by atoms with van der Waals surface area (Å²) >= 11 is 6.34. The van der Waals surface area contributed by atoms with Gasteiger partial charge in [-0.15, -0.1) is 0 Å². The minimum absolute atomic E-state index is 0.0257. The van der Waals surface area contributed by atoms with Gasteiger partial charge in [-0.2, -0.15) is 0 Å². The van der Waals surface area contributed by atoms with Crippen LogP contribution in [0.4, 0.5) is 5.69 Å². The number of likely N-dealkylation sites (N-methyl/N-ethyl adjacent to an activating group) is 1. The molecule has 0 atom stereocenters. The number of nitrogens with one attached hydrogen (secondary N) is 2. The van der Waals surface area contributed by atoms with Gasteiger partial charge in [0.2, 0.25) is 0 Å². The Morgan fingerprint density at radius 2 is 1.63 bits per heavy atom. The maximum Gasteiger partial charge on any atom is 0.251 e. The Bertz CT molecular complexity index is 1500. The maximum atomic E-state index is 13.8. The number of nitrogens with zero attached hydrogens (tertiary/aromatic N) is 2. The average Bonchev–Trinajstić information content (AvgIpc) is 3.05. The number of aryl methyl sites for hydroxylation is 1. The largest absolute Gasteiger partial charge is 0.491 e. The molecule has 0 saturated heterocycles. The number of aromatic amines is 1. The summed E-state index contributed by atoms with van der Waals surface area (Å²) in [5.41, 5.74) is 5.24. The number of rotatable bonds is 15. The summed E-state index contributed by atoms with van der Waals surface area (Å²) in [6.45, 7) is 9.46. The van der Waals surface area contributed by atoms with E-state index in [2.05, 4.69) is 40.1 Å². The number of H-pyrrole nitrogens is 1. The van der Waals surface area contributed by atoms with Crippen molar-refractivity contribution < 1.29 is 19.0 Å². The first-order valence-electron chi connectivity index (χ1n) is 16.2. The summed E-state index contributed by atoms with van der Waals surface area (Å²) < 4.78 is 16.2. The van der Waals surface area contributed by atoms with Gasteiger partial charge in [0.15, 0.2) is 5.43 Å². The highest BCUT2D eigenvalue weighted by Crippen LogP contribution is 2.36. The van der Waals surface area contributed by atoms with E-state index in [1.807, 2.05) is 37.3 Å². The molecule has 1 amide bonds. The molecule has 3 aromatic rings. The van der Waals surface area contributed by atoms with E-state index in [1.165, 1.54) is 6.07 Å². The van der Waals surface area contributed by atoms with Gasteiger partial charge in [-0.1, -0.05) is 23.7 Å². The highest BCUT2D eigenvalue weighted by molar-refractivity contribution is 6.30. The van der Waals surface area contributed by atoms with Crippen molar-refractivity contribution in [1.29, 1.82) is 0 Å². The van der Waals surface area contributed by atoms with Gasteiger partial charge in [0, 0.05) is 68.9 Å². The molecule has 0 spiro atoms. The number of ether oxygens (including phenoxy) is 3. The Morgan fingerprint density at radius 3 is 2.26 bits per heavy atom. The van der Waals surface area contributed by atoms with Crippen molar-refractivity contribution in [1.82, 2.24) is 15.2 Å². The van der Waals surface area contributed by atoms with Crippen molar-refractivity contribution in [2.24, 2.45) is 0 Å². The van der Waals surface area contributed by atoms with Gasteiger partial charge >= 0.3 is 0 Å². The Balaban J connectivity index is 1.64. The van der Waals surface area contributed by atoms with E-state index in [1.54, 1.807) is 21.1 Å². The minimum Gasteiger partial charge on any atom is -0.491 e. The van der Waals surface area contributed by atoms with Crippen LogP contribution < -0.4 is 20.4 Å². The van der Waals surface area contributed by atoms with Crippen LogP contribution >= 0.6 is 11.6 Å². The number of carbonyl (C=O) groups is 1. The highest BCUT2D eigenvalue weighted by Gasteiger charge is 2.29. The van der Waals surface area contributed by atoms with Gasteiger partial charge in [0.25, 0.3) is 5.91 Å². The second-order valence-corrected chi connectivity index (χ2v) is 12.4. The fourth-order valence-electron chi connectivity index (χ4n) is 6.35. The lowest BCUT2D eigenvalue weighted by Gasteiger charge is -2.41. The zero-order chi connectivity index (χ0) is 33.2. The van der Waals surface area contributed by atoms with Gasteiger partial charge in [0.05, 0.1) is 18.8 Å². The predicted molar refractivity (Wildman–Crippen MR) is 186 cm³/mol. The van der Waals surface area contributed by atoms with E-state index in [0.717, 1.165) is 73.5 Å². The summed E-state index contributed by atoms with van der Waals surface area (Å²) in [4.78, 5) is 34.3. The van der Waals surface area contributed by atoms with Crippen LogP contribution in [-0.2, 0) is 16.0 Å². The quantitative estimate of drug-likeness (QED) is 0.154. The predicted octanol–water partition coefficient (Wildman–Crippen LogP) is 5.98. The normalized spacial score (nSPS) is 16.4. The molecule has 1 aliphatic rings. The van der Waals surface area contributed by atoms with Crippen LogP contribution in [0, 0.1) is 13.8 Å². The van der Waals surface area contributed by atoms with Crippen LogP contribution in [0.3, 0.4) is 0 Å². The second kappa shape index (κ2) is 17.0. The van der Waals surface area contributed by atoms with Crippen LogP contribution in [0.5, 0.6) is 5.75 Å². The van der Waals surface area contributed by atoms with E-state index in [4.69, 9.17) is 25.8 Å². The molecule has 1 aromatic heterocycles. The molecule has 0 bridgehead atoms. The van der Waals surface area contributed by atoms with Gasteiger partial charge in [-0.05, 0) is 94.5 Å². The zero-order valence-corrected chi connectivity index (χ0v) is 28.8. The van der Waals surface area contributed by atoms with E-state index in [0.29, 0.717) is 42.1 Å². The Morgan fingerprint density at radius 1 is 0.957 bits per heavy atom. The van der Waals surface area contributed by atoms with Crippen molar-refractivity contribution in [2.75, 3.05) is 59.1 Å². The standard InChI is InChI=1S/C36H49ClN4O5/c1-7-41(29-12-10-28(11-13-29)40(4)16-17-44-5)33-22-27(26-8-14-30(15-9-26)46-19-18-45-6)21-31(25(33)3)36(43)38-23-32-34(42)20-24(2)39-35(32)37/h8-9,14-15,20-22,28-29H,7,10-13,16-19,23H2,1-6H3,(H,38,43)(H,39,42)/t28-,29-. The molecule has 46 heavy (non-hydrogen) atoms. The molecule has 2 aromatic carbocycles. The first kappa shape index (κ1) is 35.5. The van der Waals surface area contributed by atoms with E-state index < -0.39 is 0 Å². The van der Waals surface area contributed by atoms with Gasteiger partial charge in [-0.3, -0.25) is 9.59 Å². The monoisotopic (exact) mass is 652 g/mol. The van der Waals surface area contributed by atoms with Crippen LogP contribution in [-0.4, -0.2) is 82.1 Å². The second-order valence-electron chi connectivity index (χ2n) is 12.0. The number of pyridine rings is 1. The van der Waals surface area contributed by atoms with Crippen molar-refractivity contribution in [3.8, 4) is 16.9 Å².